The number of nitrogens with two attached hydrogens (primary N) is 1. The Balaban J connectivity index is 1.74. The van der Waals surface area contributed by atoms with Gasteiger partial charge in [0.25, 0.3) is 0 Å². The molecule has 2 aliphatic heterocycles. The van der Waals surface area contributed by atoms with Crippen LogP contribution in [0.15, 0.2) is 21.6 Å². The number of hydrogen-bond donors (Lipinski definition) is 1. The normalized spacial score (nSPS) is 18.9. The first-order chi connectivity index (χ1) is 9.74. The van der Waals surface area contributed by atoms with Gasteiger partial charge in [-0.3, -0.25) is 0 Å². The maximum atomic E-state index is 6.09. The lowest BCUT2D eigenvalue weighted by Crippen LogP contribution is -2.42. The summed E-state index contributed by atoms with van der Waals surface area (Å²) in [5.74, 6) is 3.91. The number of benzene rings is 1. The van der Waals surface area contributed by atoms with Crippen LogP contribution in [0.3, 0.4) is 0 Å². The first-order valence-corrected chi connectivity index (χ1v) is 8.75. The van der Waals surface area contributed by atoms with E-state index in [1.54, 1.807) is 0 Å². The minimum Gasteiger partial charge on any atom is -0.493 e. The van der Waals surface area contributed by atoms with E-state index in [0.717, 1.165) is 53.4 Å². The van der Waals surface area contributed by atoms with E-state index in [9.17, 15) is 0 Å². The second-order valence-corrected chi connectivity index (χ2v) is 7.07. The zero-order chi connectivity index (χ0) is 13.9. The number of fused-ring (bicyclic) bond motifs is 1. The fourth-order valence-electron chi connectivity index (χ4n) is 2.52. The Hall–Kier alpha value is -0.880. The number of guanidine groups is 1. The molecule has 0 spiro atoms. The minimum absolute atomic E-state index is 0.581. The van der Waals surface area contributed by atoms with Crippen LogP contribution in [-0.2, 0) is 13.0 Å². The van der Waals surface area contributed by atoms with E-state index in [1.807, 2.05) is 11.8 Å². The van der Waals surface area contributed by atoms with Gasteiger partial charge in [0.2, 0.25) is 0 Å². The molecule has 20 heavy (non-hydrogen) atoms. The number of nitrogens with zero attached hydrogens (tertiary/aromatic N) is 2. The van der Waals surface area contributed by atoms with Gasteiger partial charge in [0.1, 0.15) is 5.75 Å². The van der Waals surface area contributed by atoms with E-state index in [1.165, 1.54) is 5.56 Å². The van der Waals surface area contributed by atoms with Crippen LogP contribution in [-0.4, -0.2) is 42.1 Å². The van der Waals surface area contributed by atoms with Crippen molar-refractivity contribution in [2.75, 3.05) is 31.2 Å². The van der Waals surface area contributed by atoms with Crippen molar-refractivity contribution in [3.05, 3.63) is 27.7 Å². The summed E-state index contributed by atoms with van der Waals surface area (Å²) in [5.41, 5.74) is 8.47. The molecule has 4 nitrogen and oxygen atoms in total. The van der Waals surface area contributed by atoms with E-state index in [-0.39, 0.29) is 0 Å². The smallest absolute Gasteiger partial charge is 0.191 e. The number of rotatable bonds is 2. The van der Waals surface area contributed by atoms with E-state index >= 15 is 0 Å². The number of thioether (sulfide) groups is 1. The van der Waals surface area contributed by atoms with Gasteiger partial charge in [0.15, 0.2) is 5.96 Å². The number of hydrogen-bond acceptors (Lipinski definition) is 3. The fourth-order valence-corrected chi connectivity index (χ4v) is 3.98. The molecule has 0 atom stereocenters. The average molecular weight is 356 g/mol. The lowest BCUT2D eigenvalue weighted by atomic mass is 10.1. The predicted octanol–water partition coefficient (Wildman–Crippen LogP) is 2.25. The molecule has 1 saturated heterocycles. The summed E-state index contributed by atoms with van der Waals surface area (Å²) in [6, 6.07) is 4.20. The van der Waals surface area contributed by atoms with E-state index in [2.05, 4.69) is 38.0 Å². The molecule has 0 saturated carbocycles. The molecule has 1 aromatic rings. The molecule has 3 rings (SSSR count). The molecule has 0 unspecified atom stereocenters. The monoisotopic (exact) mass is 355 g/mol. The number of aliphatic imine (C=N–C) groups is 1. The summed E-state index contributed by atoms with van der Waals surface area (Å²) < 4.78 is 6.80. The summed E-state index contributed by atoms with van der Waals surface area (Å²) in [6.45, 7) is 3.33. The molecule has 108 valence electrons. The third kappa shape index (κ3) is 3.06. The highest BCUT2D eigenvalue weighted by atomic mass is 79.9. The molecule has 0 aromatic heterocycles. The summed E-state index contributed by atoms with van der Waals surface area (Å²) in [4.78, 5) is 6.71. The second kappa shape index (κ2) is 6.26. The van der Waals surface area contributed by atoms with Gasteiger partial charge in [-0.25, -0.2) is 4.99 Å². The predicted molar refractivity (Wildman–Crippen MR) is 87.6 cm³/mol. The van der Waals surface area contributed by atoms with Crippen molar-refractivity contribution in [2.24, 2.45) is 10.7 Å². The topological polar surface area (TPSA) is 50.9 Å². The van der Waals surface area contributed by atoms with E-state index in [4.69, 9.17) is 10.5 Å². The van der Waals surface area contributed by atoms with Crippen LogP contribution in [0.2, 0.25) is 0 Å². The molecule has 1 fully saturated rings. The van der Waals surface area contributed by atoms with Gasteiger partial charge in [-0.1, -0.05) is 15.9 Å². The quantitative estimate of drug-likeness (QED) is 0.652. The van der Waals surface area contributed by atoms with E-state index < -0.39 is 0 Å². The van der Waals surface area contributed by atoms with Crippen molar-refractivity contribution >= 4 is 33.7 Å². The van der Waals surface area contributed by atoms with Crippen LogP contribution in [0.1, 0.15) is 11.1 Å². The highest BCUT2D eigenvalue weighted by molar-refractivity contribution is 9.10. The van der Waals surface area contributed by atoms with Crippen molar-refractivity contribution in [1.82, 2.24) is 4.90 Å². The van der Waals surface area contributed by atoms with Crippen molar-refractivity contribution < 1.29 is 4.74 Å². The first kappa shape index (κ1) is 14.1. The zero-order valence-corrected chi connectivity index (χ0v) is 13.7. The van der Waals surface area contributed by atoms with Gasteiger partial charge in [-0.15, -0.1) is 0 Å². The highest BCUT2D eigenvalue weighted by Crippen LogP contribution is 2.33. The third-order valence-electron chi connectivity index (χ3n) is 3.57. The van der Waals surface area contributed by atoms with Crippen LogP contribution in [0.4, 0.5) is 0 Å². The van der Waals surface area contributed by atoms with Crippen LogP contribution >= 0.6 is 27.7 Å². The first-order valence-electron chi connectivity index (χ1n) is 6.81. The van der Waals surface area contributed by atoms with Gasteiger partial charge in [0, 0.05) is 41.1 Å². The Labute approximate surface area is 131 Å². The fraction of sp³-hybridized carbons (Fsp3) is 0.500. The van der Waals surface area contributed by atoms with Crippen LogP contribution < -0.4 is 10.5 Å². The molecule has 0 amide bonds. The Morgan fingerprint density at radius 1 is 1.40 bits per heavy atom. The molecule has 0 aliphatic carbocycles. The molecule has 0 bridgehead atoms. The number of ether oxygens (including phenoxy) is 1. The standard InChI is InChI=1S/C14H18BrN3OS/c15-12-7-10-1-4-19-13(10)11(8-12)9-17-14(16)18-2-5-20-6-3-18/h7-8H,1-6,9H2,(H2,16,17). The Morgan fingerprint density at radius 3 is 3.00 bits per heavy atom. The maximum Gasteiger partial charge on any atom is 0.191 e. The Kier molecular flexibility index (Phi) is 4.41. The van der Waals surface area contributed by atoms with Gasteiger partial charge >= 0.3 is 0 Å². The lowest BCUT2D eigenvalue weighted by molar-refractivity contribution is 0.353. The third-order valence-corrected chi connectivity index (χ3v) is 4.97. The SMILES string of the molecule is NC(=NCc1cc(Br)cc2c1OCC2)N1CCSCC1. The lowest BCUT2D eigenvalue weighted by Gasteiger charge is -2.27. The molecule has 2 N–H and O–H groups in total. The minimum atomic E-state index is 0.581. The maximum absolute atomic E-state index is 6.09. The molecular formula is C14H18BrN3OS. The van der Waals surface area contributed by atoms with Gasteiger partial charge < -0.3 is 15.4 Å². The van der Waals surface area contributed by atoms with Crippen molar-refractivity contribution in [2.45, 2.75) is 13.0 Å². The van der Waals surface area contributed by atoms with Crippen molar-refractivity contribution in [3.63, 3.8) is 0 Å². The van der Waals surface area contributed by atoms with Gasteiger partial charge in [-0.05, 0) is 17.7 Å². The Morgan fingerprint density at radius 2 is 2.20 bits per heavy atom. The summed E-state index contributed by atoms with van der Waals surface area (Å²) in [6.07, 6.45) is 0.977. The molecule has 1 aromatic carbocycles. The highest BCUT2D eigenvalue weighted by Gasteiger charge is 2.18. The molecular weight excluding hydrogens is 338 g/mol. The Bertz CT molecular complexity index is 529. The van der Waals surface area contributed by atoms with Crippen LogP contribution in [0, 0.1) is 0 Å². The van der Waals surface area contributed by atoms with E-state index in [0.29, 0.717) is 12.5 Å². The molecule has 0 radical (unpaired) electrons. The number of halogens is 1. The van der Waals surface area contributed by atoms with Crippen molar-refractivity contribution in [3.8, 4) is 5.75 Å². The largest absolute Gasteiger partial charge is 0.493 e. The second-order valence-electron chi connectivity index (χ2n) is 4.93. The molecule has 2 heterocycles. The summed E-state index contributed by atoms with van der Waals surface area (Å²) in [7, 11) is 0. The molecule has 6 heteroatoms. The van der Waals surface area contributed by atoms with Gasteiger partial charge in [-0.2, -0.15) is 11.8 Å². The summed E-state index contributed by atoms with van der Waals surface area (Å²) >= 11 is 5.52. The van der Waals surface area contributed by atoms with Gasteiger partial charge in [0.05, 0.1) is 13.2 Å². The molecule has 2 aliphatic rings. The average Bonchev–Trinajstić information content (AvgIpc) is 2.93. The van der Waals surface area contributed by atoms with Crippen LogP contribution in [0.25, 0.3) is 0 Å². The van der Waals surface area contributed by atoms with Crippen LogP contribution in [0.5, 0.6) is 5.75 Å². The van der Waals surface area contributed by atoms with Crippen molar-refractivity contribution in [1.29, 1.82) is 0 Å². The summed E-state index contributed by atoms with van der Waals surface area (Å²) in [5, 5.41) is 0. The zero-order valence-electron chi connectivity index (χ0n) is 11.3.